The molecule has 3 aromatic rings. The molecule has 0 saturated carbocycles. The zero-order valence-electron chi connectivity index (χ0n) is 12.7. The van der Waals surface area contributed by atoms with Gasteiger partial charge in [-0.15, -0.1) is 0 Å². The molecule has 4 heteroatoms. The molecule has 0 fully saturated rings. The molecule has 0 bridgehead atoms. The normalized spacial score (nSPS) is 11.2. The van der Waals surface area contributed by atoms with E-state index in [1.807, 2.05) is 19.4 Å². The Labute approximate surface area is 124 Å². The largest absolute Gasteiger partial charge is 0.313 e. The van der Waals surface area contributed by atoms with E-state index >= 15 is 0 Å². The lowest BCUT2D eigenvalue weighted by molar-refractivity contribution is 0.728. The van der Waals surface area contributed by atoms with E-state index in [1.54, 1.807) is 0 Å². The summed E-state index contributed by atoms with van der Waals surface area (Å²) >= 11 is 0. The quantitative estimate of drug-likeness (QED) is 0.798. The maximum Gasteiger partial charge on any atom is 0.145 e. The molecule has 0 saturated heterocycles. The van der Waals surface area contributed by atoms with Crippen LogP contribution in [0.3, 0.4) is 0 Å². The average molecular weight is 280 g/mol. The maximum absolute atomic E-state index is 4.69. The van der Waals surface area contributed by atoms with Crippen molar-refractivity contribution >= 4 is 10.8 Å². The Bertz CT molecular complexity index is 774. The van der Waals surface area contributed by atoms with Gasteiger partial charge in [-0.05, 0) is 31.3 Å². The predicted molar refractivity (Wildman–Crippen MR) is 85.7 cm³/mol. The monoisotopic (exact) mass is 280 g/mol. The van der Waals surface area contributed by atoms with E-state index in [1.165, 1.54) is 10.9 Å². The van der Waals surface area contributed by atoms with Gasteiger partial charge in [0, 0.05) is 23.8 Å². The van der Waals surface area contributed by atoms with Gasteiger partial charge in [0.25, 0.3) is 0 Å². The Morgan fingerprint density at radius 1 is 1.10 bits per heavy atom. The standard InChI is InChI=1S/C17H20N4/c1-4-18-9-14-10-19-17(16-8-6-5-7-15(14)16)21-11-20-12(2)13(21)3/h5-8,10-11,18H,4,9H2,1-3H3. The summed E-state index contributed by atoms with van der Waals surface area (Å²) in [5.41, 5.74) is 3.40. The molecule has 2 aromatic heterocycles. The second-order valence-electron chi connectivity index (χ2n) is 5.22. The molecule has 21 heavy (non-hydrogen) atoms. The van der Waals surface area contributed by atoms with Crippen molar-refractivity contribution < 1.29 is 0 Å². The van der Waals surface area contributed by atoms with Gasteiger partial charge < -0.3 is 5.32 Å². The van der Waals surface area contributed by atoms with Crippen LogP contribution in [0.5, 0.6) is 0 Å². The van der Waals surface area contributed by atoms with Crippen LogP contribution in [0.15, 0.2) is 36.8 Å². The van der Waals surface area contributed by atoms with Crippen LogP contribution in [-0.2, 0) is 6.54 Å². The van der Waals surface area contributed by atoms with Gasteiger partial charge in [-0.25, -0.2) is 9.97 Å². The highest BCUT2D eigenvalue weighted by Gasteiger charge is 2.11. The fraction of sp³-hybridized carbons (Fsp3) is 0.294. The highest BCUT2D eigenvalue weighted by atomic mass is 15.1. The van der Waals surface area contributed by atoms with Crippen molar-refractivity contribution in [3.8, 4) is 5.82 Å². The number of rotatable bonds is 4. The van der Waals surface area contributed by atoms with Gasteiger partial charge in [0.2, 0.25) is 0 Å². The van der Waals surface area contributed by atoms with Crippen LogP contribution >= 0.6 is 0 Å². The first-order valence-electron chi connectivity index (χ1n) is 7.30. The van der Waals surface area contributed by atoms with Crippen molar-refractivity contribution in [2.45, 2.75) is 27.3 Å². The van der Waals surface area contributed by atoms with Crippen molar-refractivity contribution in [1.29, 1.82) is 0 Å². The summed E-state index contributed by atoms with van der Waals surface area (Å²) in [6.45, 7) is 8.00. The fourth-order valence-corrected chi connectivity index (χ4v) is 2.54. The molecule has 3 rings (SSSR count). The molecule has 108 valence electrons. The Morgan fingerprint density at radius 3 is 2.52 bits per heavy atom. The van der Waals surface area contributed by atoms with Crippen molar-refractivity contribution in [2.24, 2.45) is 0 Å². The van der Waals surface area contributed by atoms with Gasteiger partial charge in [-0.1, -0.05) is 31.2 Å². The number of fused-ring (bicyclic) bond motifs is 1. The first-order chi connectivity index (χ1) is 10.2. The number of nitrogens with zero attached hydrogens (tertiary/aromatic N) is 3. The second-order valence-corrected chi connectivity index (χ2v) is 5.22. The van der Waals surface area contributed by atoms with Crippen molar-refractivity contribution in [1.82, 2.24) is 19.9 Å². The van der Waals surface area contributed by atoms with Crippen LogP contribution in [0.1, 0.15) is 23.9 Å². The van der Waals surface area contributed by atoms with Crippen molar-refractivity contribution in [3.05, 3.63) is 53.7 Å². The molecular formula is C17H20N4. The number of benzene rings is 1. The van der Waals surface area contributed by atoms with Gasteiger partial charge in [0.1, 0.15) is 12.1 Å². The van der Waals surface area contributed by atoms with E-state index in [4.69, 9.17) is 0 Å². The Morgan fingerprint density at radius 2 is 1.86 bits per heavy atom. The van der Waals surface area contributed by atoms with E-state index in [0.717, 1.165) is 35.7 Å². The first kappa shape index (κ1) is 13.8. The third kappa shape index (κ3) is 2.43. The lowest BCUT2D eigenvalue weighted by Crippen LogP contribution is -2.13. The van der Waals surface area contributed by atoms with E-state index in [9.17, 15) is 0 Å². The zero-order chi connectivity index (χ0) is 14.8. The Hall–Kier alpha value is -2.20. The third-order valence-electron chi connectivity index (χ3n) is 3.90. The molecule has 0 aliphatic carbocycles. The van der Waals surface area contributed by atoms with E-state index < -0.39 is 0 Å². The summed E-state index contributed by atoms with van der Waals surface area (Å²) < 4.78 is 2.06. The minimum Gasteiger partial charge on any atom is -0.313 e. The lowest BCUT2D eigenvalue weighted by Gasteiger charge is -2.12. The van der Waals surface area contributed by atoms with Gasteiger partial charge in [-0.3, -0.25) is 4.57 Å². The topological polar surface area (TPSA) is 42.7 Å². The van der Waals surface area contributed by atoms with Gasteiger partial charge in [0.05, 0.1) is 5.69 Å². The number of pyridine rings is 1. The van der Waals surface area contributed by atoms with Crippen LogP contribution in [0.25, 0.3) is 16.6 Å². The molecule has 0 spiro atoms. The van der Waals surface area contributed by atoms with E-state index in [-0.39, 0.29) is 0 Å². The Balaban J connectivity index is 2.19. The molecule has 4 nitrogen and oxygen atoms in total. The summed E-state index contributed by atoms with van der Waals surface area (Å²) in [7, 11) is 0. The molecule has 0 aliphatic rings. The number of nitrogens with one attached hydrogen (secondary N) is 1. The minimum atomic E-state index is 0.840. The predicted octanol–water partition coefficient (Wildman–Crippen LogP) is 3.15. The summed E-state index contributed by atoms with van der Waals surface area (Å²) in [6.07, 6.45) is 3.82. The molecule has 0 aliphatic heterocycles. The maximum atomic E-state index is 4.69. The molecule has 1 N–H and O–H groups in total. The first-order valence-corrected chi connectivity index (χ1v) is 7.30. The van der Waals surface area contributed by atoms with Gasteiger partial charge >= 0.3 is 0 Å². The molecule has 0 amide bonds. The highest BCUT2D eigenvalue weighted by molar-refractivity contribution is 5.91. The number of aryl methyl sites for hydroxylation is 1. The average Bonchev–Trinajstić information content (AvgIpc) is 2.84. The smallest absolute Gasteiger partial charge is 0.145 e. The molecular weight excluding hydrogens is 260 g/mol. The zero-order valence-corrected chi connectivity index (χ0v) is 12.7. The molecule has 2 heterocycles. The number of imidazole rings is 1. The summed E-state index contributed by atoms with van der Waals surface area (Å²) in [5, 5.41) is 5.78. The van der Waals surface area contributed by atoms with Crippen LogP contribution in [-0.4, -0.2) is 21.1 Å². The van der Waals surface area contributed by atoms with E-state index in [2.05, 4.69) is 58.0 Å². The number of aromatic nitrogens is 3. The van der Waals surface area contributed by atoms with Crippen molar-refractivity contribution in [3.63, 3.8) is 0 Å². The van der Waals surface area contributed by atoms with Crippen LogP contribution in [0.4, 0.5) is 0 Å². The molecule has 0 atom stereocenters. The van der Waals surface area contributed by atoms with E-state index in [0.29, 0.717) is 0 Å². The summed E-state index contributed by atoms with van der Waals surface area (Å²) in [4.78, 5) is 9.07. The summed E-state index contributed by atoms with van der Waals surface area (Å²) in [5.74, 6) is 0.948. The lowest BCUT2D eigenvalue weighted by atomic mass is 10.1. The third-order valence-corrected chi connectivity index (χ3v) is 3.90. The molecule has 0 radical (unpaired) electrons. The molecule has 1 aromatic carbocycles. The van der Waals surface area contributed by atoms with Gasteiger partial charge in [0.15, 0.2) is 0 Å². The molecule has 0 unspecified atom stereocenters. The van der Waals surface area contributed by atoms with Crippen LogP contribution < -0.4 is 5.32 Å². The van der Waals surface area contributed by atoms with Crippen molar-refractivity contribution in [2.75, 3.05) is 6.54 Å². The summed E-state index contributed by atoms with van der Waals surface area (Å²) in [6, 6.07) is 8.42. The SMILES string of the molecule is CCNCc1cnc(-n2cnc(C)c2C)c2ccccc12. The Kier molecular flexibility index (Phi) is 3.71. The minimum absolute atomic E-state index is 0.840. The highest BCUT2D eigenvalue weighted by Crippen LogP contribution is 2.25. The fourth-order valence-electron chi connectivity index (χ4n) is 2.54. The number of hydrogen-bond donors (Lipinski definition) is 1. The van der Waals surface area contributed by atoms with Gasteiger partial charge in [-0.2, -0.15) is 0 Å². The van der Waals surface area contributed by atoms with Crippen LogP contribution in [0.2, 0.25) is 0 Å². The second kappa shape index (κ2) is 5.66. The number of hydrogen-bond acceptors (Lipinski definition) is 3. The van der Waals surface area contributed by atoms with Crippen LogP contribution in [0, 0.1) is 13.8 Å².